The number of piperazine rings is 1. The Balaban J connectivity index is 1.29. The molecule has 2 aliphatic rings. The molecule has 1 aromatic heterocycles. The van der Waals surface area contributed by atoms with Crippen molar-refractivity contribution in [1.29, 1.82) is 0 Å². The summed E-state index contributed by atoms with van der Waals surface area (Å²) in [6.07, 6.45) is 0.619. The highest BCUT2D eigenvalue weighted by Crippen LogP contribution is 2.22. The first-order valence-corrected chi connectivity index (χ1v) is 9.23. The largest absolute Gasteiger partial charge is 0.459 e. The molecule has 0 aliphatic carbocycles. The van der Waals surface area contributed by atoms with E-state index in [9.17, 15) is 19.5 Å². The van der Waals surface area contributed by atoms with E-state index < -0.39 is 6.10 Å². The topological polar surface area (TPSA) is 94.3 Å². The van der Waals surface area contributed by atoms with Crippen LogP contribution in [-0.4, -0.2) is 82.9 Å². The number of furan rings is 1. The number of nitrogens with zero attached hydrogens (tertiary/aromatic N) is 3. The van der Waals surface area contributed by atoms with Gasteiger partial charge in [0.15, 0.2) is 5.76 Å². The summed E-state index contributed by atoms with van der Waals surface area (Å²) in [5.41, 5.74) is 0.759. The molecule has 1 aromatic carbocycles. The van der Waals surface area contributed by atoms with Gasteiger partial charge in [-0.1, -0.05) is 12.1 Å². The maximum Gasteiger partial charge on any atom is 0.289 e. The van der Waals surface area contributed by atoms with E-state index in [1.165, 1.54) is 6.26 Å². The molecule has 1 N–H and O–H groups in total. The highest BCUT2D eigenvalue weighted by Gasteiger charge is 2.36. The second kappa shape index (κ2) is 7.57. The van der Waals surface area contributed by atoms with Crippen LogP contribution in [0.1, 0.15) is 31.3 Å². The maximum atomic E-state index is 12.4. The van der Waals surface area contributed by atoms with Crippen molar-refractivity contribution in [2.45, 2.75) is 6.10 Å². The summed E-state index contributed by atoms with van der Waals surface area (Å²) in [6.45, 7) is 2.55. The lowest BCUT2D eigenvalue weighted by Gasteiger charge is -2.35. The summed E-state index contributed by atoms with van der Waals surface area (Å²) in [5.74, 6) is -0.558. The normalized spacial score (nSPS) is 18.5. The lowest BCUT2D eigenvalue weighted by molar-refractivity contribution is 0.0363. The lowest BCUT2D eigenvalue weighted by atomic mass is 10.1. The first-order valence-electron chi connectivity index (χ1n) is 9.23. The minimum absolute atomic E-state index is 0.0438. The van der Waals surface area contributed by atoms with E-state index in [0.29, 0.717) is 49.6 Å². The number of aliphatic hydroxyl groups is 1. The highest BCUT2D eigenvalue weighted by atomic mass is 16.3. The number of benzene rings is 1. The standard InChI is InChI=1S/C20H21N3O5/c24-14(13-23-18(25)15-4-1-2-5-16(15)19(23)26)12-21-7-9-22(10-8-21)20(27)17-6-3-11-28-17/h1-6,11,14,24H,7-10,12-13H2. The minimum atomic E-state index is -0.852. The summed E-state index contributed by atoms with van der Waals surface area (Å²) in [5, 5.41) is 10.4. The molecule has 1 fully saturated rings. The van der Waals surface area contributed by atoms with Crippen LogP contribution in [0.15, 0.2) is 47.1 Å². The van der Waals surface area contributed by atoms with Crippen molar-refractivity contribution >= 4 is 17.7 Å². The van der Waals surface area contributed by atoms with Crippen LogP contribution in [0.2, 0.25) is 0 Å². The van der Waals surface area contributed by atoms with Gasteiger partial charge >= 0.3 is 0 Å². The number of hydrogen-bond acceptors (Lipinski definition) is 6. The van der Waals surface area contributed by atoms with Crippen molar-refractivity contribution in [3.8, 4) is 0 Å². The van der Waals surface area contributed by atoms with Crippen LogP contribution in [0.25, 0.3) is 0 Å². The molecule has 3 heterocycles. The number of carbonyl (C=O) groups excluding carboxylic acids is 3. The third-order valence-corrected chi connectivity index (χ3v) is 5.13. The fraction of sp³-hybridized carbons (Fsp3) is 0.350. The molecule has 0 spiro atoms. The Morgan fingerprint density at radius 2 is 1.61 bits per heavy atom. The average Bonchev–Trinajstić information content (AvgIpc) is 3.32. The Morgan fingerprint density at radius 3 is 2.18 bits per heavy atom. The summed E-state index contributed by atoms with van der Waals surface area (Å²) in [6, 6.07) is 9.99. The van der Waals surface area contributed by atoms with E-state index in [0.717, 1.165) is 4.90 Å². The molecular weight excluding hydrogens is 362 g/mol. The van der Waals surface area contributed by atoms with Crippen LogP contribution in [0, 0.1) is 0 Å². The molecule has 1 atom stereocenters. The van der Waals surface area contributed by atoms with Gasteiger partial charge < -0.3 is 14.4 Å². The molecular formula is C20H21N3O5. The van der Waals surface area contributed by atoms with Crippen molar-refractivity contribution in [2.75, 3.05) is 39.3 Å². The van der Waals surface area contributed by atoms with E-state index in [1.807, 2.05) is 4.90 Å². The Morgan fingerprint density at radius 1 is 0.964 bits per heavy atom. The third kappa shape index (κ3) is 3.44. The molecule has 2 aromatic rings. The van der Waals surface area contributed by atoms with Crippen LogP contribution in [0.3, 0.4) is 0 Å². The van der Waals surface area contributed by atoms with Crippen LogP contribution in [0.5, 0.6) is 0 Å². The average molecular weight is 383 g/mol. The van der Waals surface area contributed by atoms with Gasteiger partial charge in [-0.25, -0.2) is 0 Å². The van der Waals surface area contributed by atoms with Crippen molar-refractivity contribution < 1.29 is 23.9 Å². The number of carbonyl (C=O) groups is 3. The van der Waals surface area contributed by atoms with Crippen LogP contribution in [0.4, 0.5) is 0 Å². The highest BCUT2D eigenvalue weighted by molar-refractivity contribution is 6.21. The molecule has 8 heteroatoms. The molecule has 146 valence electrons. The molecule has 2 aliphatic heterocycles. The maximum absolute atomic E-state index is 12.4. The Bertz CT molecular complexity index is 852. The summed E-state index contributed by atoms with van der Waals surface area (Å²) in [4.78, 5) is 41.9. The Kier molecular flexibility index (Phi) is 4.97. The molecule has 4 rings (SSSR count). The van der Waals surface area contributed by atoms with E-state index >= 15 is 0 Å². The van der Waals surface area contributed by atoms with Crippen molar-refractivity contribution in [2.24, 2.45) is 0 Å². The van der Waals surface area contributed by atoms with E-state index in [4.69, 9.17) is 4.42 Å². The quantitative estimate of drug-likeness (QED) is 0.764. The molecule has 0 radical (unpaired) electrons. The molecule has 1 saturated heterocycles. The molecule has 3 amide bonds. The zero-order valence-corrected chi connectivity index (χ0v) is 15.3. The van der Waals surface area contributed by atoms with Gasteiger partial charge in [0, 0.05) is 32.7 Å². The summed E-state index contributed by atoms with van der Waals surface area (Å²) < 4.78 is 5.15. The smallest absolute Gasteiger partial charge is 0.289 e. The zero-order valence-electron chi connectivity index (χ0n) is 15.3. The second-order valence-electron chi connectivity index (χ2n) is 6.99. The number of imide groups is 1. The number of hydrogen-bond donors (Lipinski definition) is 1. The van der Waals surface area contributed by atoms with Gasteiger partial charge in [0.05, 0.1) is 30.0 Å². The van der Waals surface area contributed by atoms with Gasteiger partial charge in [-0.05, 0) is 24.3 Å². The molecule has 8 nitrogen and oxygen atoms in total. The predicted octanol–water partition coefficient (Wildman–Crippen LogP) is 0.694. The van der Waals surface area contributed by atoms with Crippen molar-refractivity contribution in [1.82, 2.24) is 14.7 Å². The van der Waals surface area contributed by atoms with Crippen molar-refractivity contribution in [3.63, 3.8) is 0 Å². The van der Waals surface area contributed by atoms with Crippen LogP contribution >= 0.6 is 0 Å². The zero-order chi connectivity index (χ0) is 19.7. The third-order valence-electron chi connectivity index (χ3n) is 5.13. The predicted molar refractivity (Wildman–Crippen MR) is 98.9 cm³/mol. The van der Waals surface area contributed by atoms with Gasteiger partial charge in [-0.2, -0.15) is 0 Å². The van der Waals surface area contributed by atoms with Gasteiger partial charge in [-0.15, -0.1) is 0 Å². The van der Waals surface area contributed by atoms with Gasteiger partial charge in [0.2, 0.25) is 0 Å². The van der Waals surface area contributed by atoms with Gasteiger partial charge in [0.1, 0.15) is 0 Å². The number of amides is 3. The fourth-order valence-corrected chi connectivity index (χ4v) is 3.66. The lowest BCUT2D eigenvalue weighted by Crippen LogP contribution is -2.51. The second-order valence-corrected chi connectivity index (χ2v) is 6.99. The molecule has 0 saturated carbocycles. The van der Waals surface area contributed by atoms with Crippen molar-refractivity contribution in [3.05, 3.63) is 59.5 Å². The van der Waals surface area contributed by atoms with E-state index in [-0.39, 0.29) is 24.3 Å². The number of aliphatic hydroxyl groups excluding tert-OH is 1. The van der Waals surface area contributed by atoms with Crippen LogP contribution in [-0.2, 0) is 0 Å². The Labute approximate surface area is 161 Å². The van der Waals surface area contributed by atoms with E-state index in [1.54, 1.807) is 41.3 Å². The monoisotopic (exact) mass is 383 g/mol. The summed E-state index contributed by atoms with van der Waals surface area (Å²) in [7, 11) is 0. The SMILES string of the molecule is O=C(c1ccco1)N1CCN(CC(O)CN2C(=O)c3ccccc3C2=O)CC1. The number of β-amino-alcohol motifs (C(OH)–C–C–N with tert-alkyl or cyclic N) is 1. The fourth-order valence-electron chi connectivity index (χ4n) is 3.66. The number of fused-ring (bicyclic) bond motifs is 1. The first kappa shape index (κ1) is 18.4. The van der Waals surface area contributed by atoms with Gasteiger partial charge in [0.25, 0.3) is 17.7 Å². The van der Waals surface area contributed by atoms with E-state index in [2.05, 4.69) is 0 Å². The van der Waals surface area contributed by atoms with Gasteiger partial charge in [-0.3, -0.25) is 24.2 Å². The molecule has 1 unspecified atom stereocenters. The molecule has 28 heavy (non-hydrogen) atoms. The summed E-state index contributed by atoms with van der Waals surface area (Å²) >= 11 is 0. The number of rotatable bonds is 5. The Hall–Kier alpha value is -2.97. The molecule has 0 bridgehead atoms. The minimum Gasteiger partial charge on any atom is -0.459 e. The first-order chi connectivity index (χ1) is 13.5. The van der Waals surface area contributed by atoms with Crippen LogP contribution < -0.4 is 0 Å².